The van der Waals surface area contributed by atoms with Gasteiger partial charge in [-0.3, -0.25) is 19.2 Å². The quantitative estimate of drug-likeness (QED) is 0.307. The Bertz CT molecular complexity index is 1690. The number of carbonyl (C=O) groups is 4. The van der Waals surface area contributed by atoms with Gasteiger partial charge in [0.15, 0.2) is 0 Å². The van der Waals surface area contributed by atoms with E-state index in [0.717, 1.165) is 44.2 Å². The van der Waals surface area contributed by atoms with Gasteiger partial charge in [0.1, 0.15) is 0 Å². The van der Waals surface area contributed by atoms with Gasteiger partial charge in [0.25, 0.3) is 5.91 Å². The summed E-state index contributed by atoms with van der Waals surface area (Å²) in [5, 5.41) is 8.36. The van der Waals surface area contributed by atoms with Crippen molar-refractivity contribution in [2.75, 3.05) is 14.2 Å². The number of ether oxygens (including phenoxy) is 2. The van der Waals surface area contributed by atoms with Crippen LogP contribution in [-0.4, -0.2) is 60.8 Å². The number of esters is 2. The number of rotatable bonds is 12. The molecule has 3 atom stereocenters. The maximum atomic E-state index is 12.4. The predicted octanol–water partition coefficient (Wildman–Crippen LogP) is 2.90. The van der Waals surface area contributed by atoms with Gasteiger partial charge in [0.05, 0.1) is 26.0 Å². The van der Waals surface area contributed by atoms with E-state index in [1.807, 2.05) is 39.8 Å². The molecule has 0 saturated heterocycles. The molecule has 3 aliphatic heterocycles. The van der Waals surface area contributed by atoms with Crippen molar-refractivity contribution >= 4 is 41.6 Å². The van der Waals surface area contributed by atoms with Crippen LogP contribution in [0.15, 0.2) is 51.2 Å². The van der Waals surface area contributed by atoms with Crippen LogP contribution in [0, 0.1) is 12.8 Å². The van der Waals surface area contributed by atoms with Crippen molar-refractivity contribution < 1.29 is 28.7 Å². The molecule has 0 spiro atoms. The Morgan fingerprint density at radius 1 is 0.956 bits per heavy atom. The molecule has 3 N–H and O–H groups in total. The number of aromatic nitrogens is 1. The second-order valence-corrected chi connectivity index (χ2v) is 11.8. The monoisotopic (exact) mass is 616 g/mol. The van der Waals surface area contributed by atoms with Crippen LogP contribution in [-0.2, 0) is 35.1 Å². The summed E-state index contributed by atoms with van der Waals surface area (Å²) in [6.45, 7) is 13.7. The van der Waals surface area contributed by atoms with E-state index < -0.39 is 0 Å². The fraction of sp³-hybridized carbons (Fsp3) is 0.457. The number of H-pyrrole nitrogens is 1. The van der Waals surface area contributed by atoms with E-state index in [-0.39, 0.29) is 54.6 Å². The van der Waals surface area contributed by atoms with Crippen LogP contribution >= 0.6 is 0 Å². The number of nitrogens with one attached hydrogen (secondary N) is 3. The standard InChI is InChI=1S/C35H44N4O6/c1-9-22-21(6)34(42)39-29(22)16-27-20(5)25(12-14-33(41)45-8)31(37-27)17-30-24(11-13-32(40)44-7)19(4)26(36-30)15-28-18(3)23(10-2)35(43)38-28/h9,15,17,20,27,29,36-37H,1,10-14,16H2,2-8H3,(H,39,42)/b26-15?,30-17-/t20?,27?,29-/m1/s1. The maximum Gasteiger partial charge on any atom is 0.305 e. The maximum absolute atomic E-state index is 12.4. The first kappa shape index (κ1) is 33.4. The summed E-state index contributed by atoms with van der Waals surface area (Å²) in [5.74, 6) is -0.834. The highest BCUT2D eigenvalue weighted by Crippen LogP contribution is 2.34. The van der Waals surface area contributed by atoms with Crippen LogP contribution < -0.4 is 21.3 Å². The highest BCUT2D eigenvalue weighted by atomic mass is 16.5. The lowest BCUT2D eigenvalue weighted by atomic mass is 9.88. The highest BCUT2D eigenvalue weighted by molar-refractivity contribution is 6.30. The number of hydrogen-bond donors (Lipinski definition) is 3. The number of aromatic amines is 1. The van der Waals surface area contributed by atoms with Gasteiger partial charge < -0.3 is 25.1 Å². The lowest BCUT2D eigenvalue weighted by Crippen LogP contribution is -2.38. The van der Waals surface area contributed by atoms with Crippen molar-refractivity contribution in [2.24, 2.45) is 10.9 Å². The van der Waals surface area contributed by atoms with Gasteiger partial charge in [-0.2, -0.15) is 0 Å². The molecule has 0 fully saturated rings. The Balaban J connectivity index is 1.79. The number of aliphatic imine (C=N–C) groups is 1. The minimum atomic E-state index is -0.310. The fourth-order valence-corrected chi connectivity index (χ4v) is 6.49. The third kappa shape index (κ3) is 6.95. The van der Waals surface area contributed by atoms with Gasteiger partial charge >= 0.3 is 11.9 Å². The molecule has 1 aromatic heterocycles. The molecule has 2 amide bonds. The Morgan fingerprint density at radius 3 is 2.22 bits per heavy atom. The second-order valence-electron chi connectivity index (χ2n) is 11.8. The van der Waals surface area contributed by atoms with Crippen LogP contribution in [0.4, 0.5) is 0 Å². The number of allylic oxidation sites excluding steroid dienone is 2. The van der Waals surface area contributed by atoms with Crippen LogP contribution in [0.5, 0.6) is 0 Å². The molecule has 2 unspecified atom stereocenters. The SMILES string of the molecule is C=CC1=C(C)C(=O)N[C@@H]1CC1NC(/C=c2\[nH]c(=CC3=NC(=O)C(CC)=C3C)c(C)c2CCC(=O)OC)=C(CCC(=O)OC)C1C. The molecule has 10 heteroatoms. The first-order valence-corrected chi connectivity index (χ1v) is 15.4. The third-order valence-corrected chi connectivity index (χ3v) is 9.33. The lowest BCUT2D eigenvalue weighted by Gasteiger charge is -2.23. The van der Waals surface area contributed by atoms with Crippen LogP contribution in [0.3, 0.4) is 0 Å². The molecule has 240 valence electrons. The van der Waals surface area contributed by atoms with Gasteiger partial charge in [-0.25, -0.2) is 4.99 Å². The van der Waals surface area contributed by atoms with Crippen molar-refractivity contribution in [2.45, 2.75) is 85.2 Å². The van der Waals surface area contributed by atoms with Crippen LogP contribution in [0.1, 0.15) is 70.9 Å². The summed E-state index contributed by atoms with van der Waals surface area (Å²) < 4.78 is 9.85. The average molecular weight is 617 g/mol. The highest BCUT2D eigenvalue weighted by Gasteiger charge is 2.36. The van der Waals surface area contributed by atoms with E-state index in [0.29, 0.717) is 42.5 Å². The largest absolute Gasteiger partial charge is 0.469 e. The van der Waals surface area contributed by atoms with Crippen molar-refractivity contribution in [1.82, 2.24) is 15.6 Å². The van der Waals surface area contributed by atoms with E-state index in [1.165, 1.54) is 14.2 Å². The zero-order valence-corrected chi connectivity index (χ0v) is 27.3. The van der Waals surface area contributed by atoms with Gasteiger partial charge in [-0.1, -0.05) is 26.5 Å². The van der Waals surface area contributed by atoms with Crippen LogP contribution in [0.2, 0.25) is 0 Å². The zero-order chi connectivity index (χ0) is 33.0. The van der Waals surface area contributed by atoms with Crippen LogP contribution in [0.25, 0.3) is 12.2 Å². The zero-order valence-electron chi connectivity index (χ0n) is 27.3. The summed E-state index contributed by atoms with van der Waals surface area (Å²) in [4.78, 5) is 56.9. The first-order chi connectivity index (χ1) is 21.4. The minimum absolute atomic E-state index is 0.0187. The molecular weight excluding hydrogens is 572 g/mol. The molecule has 0 aliphatic carbocycles. The summed E-state index contributed by atoms with van der Waals surface area (Å²) >= 11 is 0. The molecule has 4 rings (SSSR count). The second kappa shape index (κ2) is 14.1. The van der Waals surface area contributed by atoms with Crippen molar-refractivity contribution in [3.05, 3.63) is 68.0 Å². The minimum Gasteiger partial charge on any atom is -0.469 e. The van der Waals surface area contributed by atoms with E-state index >= 15 is 0 Å². The molecule has 4 heterocycles. The fourth-order valence-electron chi connectivity index (χ4n) is 6.49. The van der Waals surface area contributed by atoms with E-state index in [1.54, 1.807) is 6.08 Å². The van der Waals surface area contributed by atoms with Crippen molar-refractivity contribution in [3.63, 3.8) is 0 Å². The topological polar surface area (TPSA) is 139 Å². The first-order valence-electron chi connectivity index (χ1n) is 15.4. The van der Waals surface area contributed by atoms with Gasteiger partial charge in [0, 0.05) is 46.4 Å². The number of hydrogen-bond acceptors (Lipinski definition) is 7. The predicted molar refractivity (Wildman–Crippen MR) is 173 cm³/mol. The summed E-state index contributed by atoms with van der Waals surface area (Å²) in [5.41, 5.74) is 7.62. The average Bonchev–Trinajstić information content (AvgIpc) is 3.66. The molecule has 45 heavy (non-hydrogen) atoms. The molecule has 0 bridgehead atoms. The van der Waals surface area contributed by atoms with E-state index in [4.69, 9.17) is 9.47 Å². The third-order valence-electron chi connectivity index (χ3n) is 9.33. The molecule has 3 aliphatic rings. The molecule has 1 aromatic rings. The van der Waals surface area contributed by atoms with E-state index in [2.05, 4.69) is 34.1 Å². The van der Waals surface area contributed by atoms with Gasteiger partial charge in [-0.15, -0.1) is 0 Å². The summed E-state index contributed by atoms with van der Waals surface area (Å²) in [7, 11) is 2.75. The lowest BCUT2D eigenvalue weighted by molar-refractivity contribution is -0.141. The normalized spacial score (nSPS) is 22.4. The Labute approximate surface area is 264 Å². The van der Waals surface area contributed by atoms with Crippen molar-refractivity contribution in [3.8, 4) is 0 Å². The summed E-state index contributed by atoms with van der Waals surface area (Å²) in [6.07, 6.45) is 8.29. The molecule has 0 aromatic carbocycles. The molecule has 10 nitrogen and oxygen atoms in total. The summed E-state index contributed by atoms with van der Waals surface area (Å²) in [6, 6.07) is -0.185. The van der Waals surface area contributed by atoms with Crippen molar-refractivity contribution in [1.29, 1.82) is 0 Å². The Morgan fingerprint density at radius 2 is 1.62 bits per heavy atom. The number of amides is 2. The Kier molecular flexibility index (Phi) is 10.5. The smallest absolute Gasteiger partial charge is 0.305 e. The number of methoxy groups -OCH3 is 2. The number of carbonyl (C=O) groups excluding carboxylic acids is 4. The number of nitrogens with zero attached hydrogens (tertiary/aromatic N) is 1. The Hall–Kier alpha value is -4.47. The molecular formula is C35H44N4O6. The van der Waals surface area contributed by atoms with Gasteiger partial charge in [0.2, 0.25) is 5.91 Å². The molecule has 0 saturated carbocycles. The van der Waals surface area contributed by atoms with Gasteiger partial charge in [-0.05, 0) is 92.4 Å². The molecule has 0 radical (unpaired) electrons. The van der Waals surface area contributed by atoms with E-state index in [9.17, 15) is 19.2 Å².